The highest BCUT2D eigenvalue weighted by molar-refractivity contribution is 5.94. The third-order valence-corrected chi connectivity index (χ3v) is 3.67. The van der Waals surface area contributed by atoms with E-state index in [1.807, 2.05) is 37.4 Å². The molecule has 2 aromatic rings. The molecule has 2 rings (SSSR count). The van der Waals surface area contributed by atoms with E-state index in [-0.39, 0.29) is 5.91 Å². The maximum Gasteiger partial charge on any atom is 0.252 e. The Kier molecular flexibility index (Phi) is 6.15. The van der Waals surface area contributed by atoms with Gasteiger partial charge in [0.1, 0.15) is 0 Å². The van der Waals surface area contributed by atoms with Crippen LogP contribution in [0.25, 0.3) is 0 Å². The first-order valence-electron chi connectivity index (χ1n) is 8.15. The molecule has 0 bridgehead atoms. The monoisotopic (exact) mass is 311 g/mol. The Morgan fingerprint density at radius 2 is 1.96 bits per heavy atom. The number of benzene rings is 1. The summed E-state index contributed by atoms with van der Waals surface area (Å²) < 4.78 is 0. The van der Waals surface area contributed by atoms with Crippen molar-refractivity contribution in [3.05, 3.63) is 59.9 Å². The van der Waals surface area contributed by atoms with Crippen LogP contribution >= 0.6 is 0 Å². The summed E-state index contributed by atoms with van der Waals surface area (Å²) in [5.74, 6) is -0.0652. The quantitative estimate of drug-likeness (QED) is 0.849. The zero-order valence-electron chi connectivity index (χ0n) is 14.1. The summed E-state index contributed by atoms with van der Waals surface area (Å²) in [5, 5.41) is 2.90. The van der Waals surface area contributed by atoms with E-state index in [1.165, 1.54) is 5.56 Å². The van der Waals surface area contributed by atoms with Crippen molar-refractivity contribution in [2.24, 2.45) is 0 Å². The first-order chi connectivity index (χ1) is 11.1. The summed E-state index contributed by atoms with van der Waals surface area (Å²) in [6.45, 7) is 7.80. The highest BCUT2D eigenvalue weighted by Gasteiger charge is 2.14. The smallest absolute Gasteiger partial charge is 0.252 e. The van der Waals surface area contributed by atoms with Gasteiger partial charge in [-0.05, 0) is 31.9 Å². The molecule has 0 radical (unpaired) electrons. The van der Waals surface area contributed by atoms with Crippen LogP contribution in [0.2, 0.25) is 0 Å². The van der Waals surface area contributed by atoms with Crippen LogP contribution in [0.1, 0.15) is 43.1 Å². The second kappa shape index (κ2) is 8.32. The molecule has 1 aromatic heterocycles. The molecule has 1 heterocycles. The van der Waals surface area contributed by atoms with Crippen molar-refractivity contribution in [2.75, 3.05) is 11.4 Å². The first-order valence-corrected chi connectivity index (χ1v) is 8.15. The number of nitrogens with one attached hydrogen (secondary N) is 1. The molecule has 0 fully saturated rings. The van der Waals surface area contributed by atoms with E-state index in [0.717, 1.165) is 18.7 Å². The maximum atomic E-state index is 12.1. The first kappa shape index (κ1) is 17.0. The fourth-order valence-electron chi connectivity index (χ4n) is 2.40. The average molecular weight is 311 g/mol. The van der Waals surface area contributed by atoms with Crippen LogP contribution in [0.5, 0.6) is 0 Å². The lowest BCUT2D eigenvalue weighted by Gasteiger charge is -2.29. The van der Waals surface area contributed by atoms with E-state index in [2.05, 4.69) is 41.2 Å². The second-order valence-corrected chi connectivity index (χ2v) is 5.89. The molecule has 4 heteroatoms. The molecule has 0 aliphatic rings. The zero-order chi connectivity index (χ0) is 16.7. The van der Waals surface area contributed by atoms with Crippen molar-refractivity contribution < 1.29 is 4.79 Å². The van der Waals surface area contributed by atoms with Crippen molar-refractivity contribution >= 4 is 11.6 Å². The lowest BCUT2D eigenvalue weighted by molar-refractivity contribution is 0.0953. The molecule has 1 N–H and O–H groups in total. The minimum absolute atomic E-state index is 0.0652. The fraction of sp³-hybridized carbons (Fsp3) is 0.368. The van der Waals surface area contributed by atoms with E-state index < -0.39 is 0 Å². The van der Waals surface area contributed by atoms with Gasteiger partial charge >= 0.3 is 0 Å². The summed E-state index contributed by atoms with van der Waals surface area (Å²) in [4.78, 5) is 18.6. The van der Waals surface area contributed by atoms with Crippen LogP contribution in [0, 0.1) is 0 Å². The molecule has 122 valence electrons. The van der Waals surface area contributed by atoms with Gasteiger partial charge in [-0.25, -0.2) is 0 Å². The summed E-state index contributed by atoms with van der Waals surface area (Å²) >= 11 is 0. The molecule has 1 amide bonds. The predicted molar refractivity (Wildman–Crippen MR) is 94.6 cm³/mol. The van der Waals surface area contributed by atoms with Crippen molar-refractivity contribution in [3.8, 4) is 0 Å². The Balaban J connectivity index is 2.21. The summed E-state index contributed by atoms with van der Waals surface area (Å²) in [5.41, 5.74) is 2.81. The van der Waals surface area contributed by atoms with Crippen LogP contribution in [0.15, 0.2) is 48.8 Å². The number of amides is 1. The number of hydrogen-bond acceptors (Lipinski definition) is 3. The largest absolute Gasteiger partial charge is 0.364 e. The molecule has 1 aromatic carbocycles. The van der Waals surface area contributed by atoms with Gasteiger partial charge in [0.05, 0.1) is 17.4 Å². The Morgan fingerprint density at radius 1 is 1.22 bits per heavy atom. The van der Waals surface area contributed by atoms with Gasteiger partial charge in [0.25, 0.3) is 5.91 Å². The number of rotatable bonds is 7. The summed E-state index contributed by atoms with van der Waals surface area (Å²) in [7, 11) is 0. The van der Waals surface area contributed by atoms with Crippen LogP contribution in [0.4, 0.5) is 5.69 Å². The molecule has 4 nitrogen and oxygen atoms in total. The minimum Gasteiger partial charge on any atom is -0.364 e. The Morgan fingerprint density at radius 3 is 2.61 bits per heavy atom. The minimum atomic E-state index is -0.0652. The molecule has 23 heavy (non-hydrogen) atoms. The van der Waals surface area contributed by atoms with Gasteiger partial charge < -0.3 is 10.2 Å². The number of carbonyl (C=O) groups excluding carboxylic acids is 1. The zero-order valence-corrected chi connectivity index (χ0v) is 14.1. The Bertz CT molecular complexity index is 626. The van der Waals surface area contributed by atoms with Crippen LogP contribution in [-0.4, -0.2) is 23.5 Å². The van der Waals surface area contributed by atoms with Gasteiger partial charge in [-0.1, -0.05) is 37.3 Å². The molecule has 0 saturated heterocycles. The number of hydrogen-bond donors (Lipinski definition) is 1. The number of pyridine rings is 1. The lowest BCUT2D eigenvalue weighted by atomic mass is 10.1. The number of carbonyl (C=O) groups is 1. The number of anilines is 1. The molecule has 0 aliphatic carbocycles. The van der Waals surface area contributed by atoms with Gasteiger partial charge in [0.2, 0.25) is 0 Å². The molecular weight excluding hydrogens is 286 g/mol. The topological polar surface area (TPSA) is 45.2 Å². The van der Waals surface area contributed by atoms with Crippen molar-refractivity contribution in [3.63, 3.8) is 0 Å². The molecule has 0 spiro atoms. The van der Waals surface area contributed by atoms with Crippen molar-refractivity contribution in [2.45, 2.75) is 39.8 Å². The highest BCUT2D eigenvalue weighted by Crippen LogP contribution is 2.20. The second-order valence-electron chi connectivity index (χ2n) is 5.89. The van der Waals surface area contributed by atoms with Crippen LogP contribution in [0.3, 0.4) is 0 Å². The molecule has 0 aliphatic heterocycles. The Hall–Kier alpha value is -2.36. The van der Waals surface area contributed by atoms with Gasteiger partial charge in [0.15, 0.2) is 0 Å². The van der Waals surface area contributed by atoms with Gasteiger partial charge in [-0.3, -0.25) is 9.78 Å². The van der Waals surface area contributed by atoms with E-state index in [9.17, 15) is 4.79 Å². The van der Waals surface area contributed by atoms with E-state index in [0.29, 0.717) is 18.2 Å². The summed E-state index contributed by atoms with van der Waals surface area (Å²) in [6, 6.07) is 12.6. The highest BCUT2D eigenvalue weighted by atomic mass is 16.1. The van der Waals surface area contributed by atoms with Crippen molar-refractivity contribution in [1.29, 1.82) is 0 Å². The van der Waals surface area contributed by atoms with Gasteiger partial charge in [-0.2, -0.15) is 0 Å². The fourth-order valence-corrected chi connectivity index (χ4v) is 2.40. The maximum absolute atomic E-state index is 12.1. The molecule has 0 saturated carbocycles. The standard InChI is InChI=1S/C19H25N3O/c1-4-10-21-19(23)17-11-18(13-20-12-17)22(15(2)3)14-16-8-6-5-7-9-16/h5-9,11-13,15H,4,10,14H2,1-3H3,(H,21,23). The molecule has 0 unspecified atom stereocenters. The van der Waals surface area contributed by atoms with E-state index in [1.54, 1.807) is 6.20 Å². The molecular formula is C19H25N3O. The SMILES string of the molecule is CCCNC(=O)c1cncc(N(Cc2ccccc2)C(C)C)c1. The van der Waals surface area contributed by atoms with Crippen molar-refractivity contribution in [1.82, 2.24) is 10.3 Å². The predicted octanol–water partition coefficient (Wildman–Crippen LogP) is 3.64. The van der Waals surface area contributed by atoms with Gasteiger partial charge in [-0.15, -0.1) is 0 Å². The number of aromatic nitrogens is 1. The Labute approximate surface area is 138 Å². The van der Waals surface area contributed by atoms with Crippen LogP contribution in [-0.2, 0) is 6.54 Å². The molecule has 0 atom stereocenters. The third-order valence-electron chi connectivity index (χ3n) is 3.67. The normalized spacial score (nSPS) is 10.6. The van der Waals surface area contributed by atoms with E-state index >= 15 is 0 Å². The summed E-state index contributed by atoms with van der Waals surface area (Å²) in [6.07, 6.45) is 4.36. The third kappa shape index (κ3) is 4.81. The average Bonchev–Trinajstić information content (AvgIpc) is 2.58. The van der Waals surface area contributed by atoms with Crippen LogP contribution < -0.4 is 10.2 Å². The van der Waals surface area contributed by atoms with E-state index in [4.69, 9.17) is 0 Å². The number of nitrogens with zero attached hydrogens (tertiary/aromatic N) is 2. The van der Waals surface area contributed by atoms with Gasteiger partial charge in [0, 0.05) is 25.3 Å². The lowest BCUT2D eigenvalue weighted by Crippen LogP contribution is -2.31.